The number of allylic oxidation sites excluding steroid dienone is 1. The van der Waals surface area contributed by atoms with E-state index in [0.29, 0.717) is 23.9 Å². The summed E-state index contributed by atoms with van der Waals surface area (Å²) >= 11 is 0. The lowest BCUT2D eigenvalue weighted by molar-refractivity contribution is -0.164. The van der Waals surface area contributed by atoms with Crippen molar-refractivity contribution < 1.29 is 42.6 Å². The molecule has 3 saturated carbocycles. The lowest BCUT2D eigenvalue weighted by Gasteiger charge is -2.33. The maximum Gasteiger partial charge on any atom is 0.311 e. The summed E-state index contributed by atoms with van der Waals surface area (Å²) < 4.78 is 27.6. The third-order valence-corrected chi connectivity index (χ3v) is 17.8. The minimum absolute atomic E-state index is 0.0251. The smallest absolute Gasteiger partial charge is 0.311 e. The van der Waals surface area contributed by atoms with E-state index in [4.69, 9.17) is 23.1 Å². The van der Waals surface area contributed by atoms with Gasteiger partial charge in [-0.25, -0.2) is 0 Å². The first-order valence-electron chi connectivity index (χ1n) is 20.7. The van der Waals surface area contributed by atoms with E-state index in [1.807, 2.05) is 41.5 Å². The Morgan fingerprint density at radius 2 is 1.37 bits per heavy atom. The zero-order valence-corrected chi connectivity index (χ0v) is 38.9. The molecule has 0 aromatic carbocycles. The summed E-state index contributed by atoms with van der Waals surface area (Å²) in [5, 5.41) is 9.51. The van der Waals surface area contributed by atoms with E-state index in [-0.39, 0.29) is 54.0 Å². The van der Waals surface area contributed by atoms with Crippen molar-refractivity contribution in [3.63, 3.8) is 0 Å². The van der Waals surface area contributed by atoms with Crippen LogP contribution in [-0.2, 0) is 37.4 Å². The molecule has 11 heteroatoms. The zero-order chi connectivity index (χ0) is 41.7. The van der Waals surface area contributed by atoms with Crippen molar-refractivity contribution in [3.05, 3.63) is 24.5 Å². The molecule has 54 heavy (non-hydrogen) atoms. The summed E-state index contributed by atoms with van der Waals surface area (Å²) in [7, 11) is -3.05. The normalized spacial score (nSPS) is 23.1. The lowest BCUT2D eigenvalue weighted by atomic mass is 9.80. The molecule has 3 aliphatic rings. The van der Waals surface area contributed by atoms with Crippen LogP contribution in [0.3, 0.4) is 0 Å². The molecule has 3 aliphatic carbocycles. The average molecular weight is 797 g/mol. The Labute approximate surface area is 332 Å². The molecule has 0 aromatic rings. The molecule has 0 amide bonds. The molecule has 0 spiro atoms. The molecule has 7 atom stereocenters. The fraction of sp³-hybridized carbons (Fsp3) is 0.837. The van der Waals surface area contributed by atoms with E-state index in [0.717, 1.165) is 55.9 Å². The van der Waals surface area contributed by atoms with Crippen LogP contribution in [0, 0.1) is 40.4 Å². The van der Waals surface area contributed by atoms with Gasteiger partial charge in [-0.1, -0.05) is 47.3 Å². The Balaban J connectivity index is 0.000000406. The quantitative estimate of drug-likeness (QED) is 0.0340. The molecule has 1 N–H and O–H groups in total. The van der Waals surface area contributed by atoms with E-state index >= 15 is 0 Å². The highest BCUT2D eigenvalue weighted by molar-refractivity contribution is 6.84. The van der Waals surface area contributed by atoms with Gasteiger partial charge in [-0.05, 0) is 154 Å². The number of ether oxygens (including phenoxy) is 4. The van der Waals surface area contributed by atoms with Gasteiger partial charge in [-0.2, -0.15) is 0 Å². The van der Waals surface area contributed by atoms with E-state index in [1.54, 1.807) is 13.8 Å². The number of hydrogen-bond donors (Lipinski definition) is 1. The average Bonchev–Trinajstić information content (AvgIpc) is 3.82. The Morgan fingerprint density at radius 3 is 1.91 bits per heavy atom. The van der Waals surface area contributed by atoms with Gasteiger partial charge in [0.2, 0.25) is 0 Å². The maximum absolute atomic E-state index is 12.2. The van der Waals surface area contributed by atoms with E-state index in [2.05, 4.69) is 52.8 Å². The molecule has 0 aromatic heterocycles. The summed E-state index contributed by atoms with van der Waals surface area (Å²) in [6, 6.07) is 1.05. The van der Waals surface area contributed by atoms with Crippen molar-refractivity contribution in [2.24, 2.45) is 40.4 Å². The van der Waals surface area contributed by atoms with Gasteiger partial charge in [-0.3, -0.25) is 14.4 Å². The largest absolute Gasteiger partial charge is 0.491 e. The Bertz CT molecular complexity index is 1220. The van der Waals surface area contributed by atoms with Crippen molar-refractivity contribution in [1.82, 2.24) is 0 Å². The van der Waals surface area contributed by atoms with Crippen LogP contribution < -0.4 is 0 Å². The number of carbonyl (C=O) groups excluding carboxylic acids is 3. The minimum Gasteiger partial charge on any atom is -0.491 e. The fourth-order valence-corrected chi connectivity index (χ4v) is 15.4. The fourth-order valence-electron chi connectivity index (χ4n) is 7.32. The summed E-state index contributed by atoms with van der Waals surface area (Å²) in [6.45, 7) is 36.4. The molecule has 0 heterocycles. The number of esters is 3. The lowest BCUT2D eigenvalue weighted by Crippen LogP contribution is -2.42. The second kappa shape index (κ2) is 22.1. The minimum atomic E-state index is -1.59. The van der Waals surface area contributed by atoms with Gasteiger partial charge in [0, 0.05) is 0 Å². The van der Waals surface area contributed by atoms with E-state index < -0.39 is 22.7 Å². The van der Waals surface area contributed by atoms with Crippen molar-refractivity contribution in [3.8, 4) is 0 Å². The Kier molecular flexibility index (Phi) is 20.5. The predicted molar refractivity (Wildman–Crippen MR) is 224 cm³/mol. The van der Waals surface area contributed by atoms with Crippen molar-refractivity contribution in [2.75, 3.05) is 19.8 Å². The highest BCUT2D eigenvalue weighted by Gasteiger charge is 2.55. The van der Waals surface area contributed by atoms with E-state index in [9.17, 15) is 19.5 Å². The van der Waals surface area contributed by atoms with Gasteiger partial charge >= 0.3 is 17.9 Å². The van der Waals surface area contributed by atoms with Crippen molar-refractivity contribution in [2.45, 2.75) is 171 Å². The molecular weight excluding hydrogens is 717 g/mol. The molecule has 314 valence electrons. The molecule has 3 fully saturated rings. The van der Waals surface area contributed by atoms with Gasteiger partial charge in [0.25, 0.3) is 0 Å². The first kappa shape index (κ1) is 50.1. The van der Waals surface area contributed by atoms with Crippen LogP contribution >= 0.6 is 0 Å². The second-order valence-corrected chi connectivity index (χ2v) is 28.0. The first-order chi connectivity index (χ1) is 24.8. The zero-order valence-electron chi connectivity index (χ0n) is 36.9. The summed E-state index contributed by atoms with van der Waals surface area (Å²) in [5.41, 5.74) is 0.0346. The van der Waals surface area contributed by atoms with Gasteiger partial charge in [-0.15, -0.1) is 0 Å². The van der Waals surface area contributed by atoms with Crippen LogP contribution in [0.4, 0.5) is 0 Å². The Morgan fingerprint density at radius 1 is 0.815 bits per heavy atom. The van der Waals surface area contributed by atoms with Gasteiger partial charge in [0.1, 0.15) is 31.2 Å². The molecule has 0 radical (unpaired) electrons. The molecule has 0 saturated heterocycles. The van der Waals surface area contributed by atoms with E-state index in [1.165, 1.54) is 25.7 Å². The predicted octanol–water partition coefficient (Wildman–Crippen LogP) is 10.2. The number of aliphatic hydroxyl groups excluding tert-OH is 1. The van der Waals surface area contributed by atoms with Crippen LogP contribution in [0.1, 0.15) is 120 Å². The molecular formula is C43H80O9Si2. The topological polar surface area (TPSA) is 118 Å². The summed E-state index contributed by atoms with van der Waals surface area (Å²) in [4.78, 5) is 35.3. The summed E-state index contributed by atoms with van der Waals surface area (Å²) in [6.07, 6.45) is 9.41. The molecule has 3 rings (SSSR count). The molecule has 2 bridgehead atoms. The van der Waals surface area contributed by atoms with Gasteiger partial charge in [0.15, 0.2) is 16.6 Å². The van der Waals surface area contributed by atoms with Crippen LogP contribution in [-0.4, -0.2) is 71.7 Å². The van der Waals surface area contributed by atoms with Gasteiger partial charge in [0.05, 0.1) is 23.4 Å². The highest BCUT2D eigenvalue weighted by atomic mass is 28.4. The van der Waals surface area contributed by atoms with Crippen molar-refractivity contribution >= 4 is 34.5 Å². The number of rotatable bonds is 19. The molecule has 7 unspecified atom stereocenters. The van der Waals surface area contributed by atoms with Crippen LogP contribution in [0.15, 0.2) is 24.5 Å². The number of hydrogen-bond acceptors (Lipinski definition) is 9. The van der Waals surface area contributed by atoms with Crippen LogP contribution in [0.25, 0.3) is 0 Å². The molecule has 9 nitrogen and oxygen atoms in total. The standard InChI is InChI=1S/C16H26O2.C14H32O3Si2.C13H22O4/c1-4-16(2,3)15(17)18-14-9-10-8-13(14)12-7-5-6-11(10)12;1-9-14(2,3)13(15)16-11-10-12-19(7,8)17-18(4,5)6;1-6-10(4)13(15)17-8-12(14)7-16-11(5)9(2)3/h10-14H,4-9H2,1-3H3;9-12H2,1-8H3;10,12,14H,2,5-8H2,1,3-4H3. The second-order valence-electron chi connectivity index (χ2n) is 18.9. The SMILES string of the molecule is C=C(C)C(=C)OCC(O)COC(=O)C(C)CC.CCC(C)(C)C(=O)OC1CC2CC1C1CCCC21.CCC(C)(C)C(=O)OCCC[Si](C)(C)O[Si](C)(C)C. The third kappa shape index (κ3) is 17.0. The monoisotopic (exact) mass is 797 g/mol. The van der Waals surface area contributed by atoms with Gasteiger partial charge < -0.3 is 28.2 Å². The number of carbonyl (C=O) groups is 3. The third-order valence-electron chi connectivity index (χ3n) is 11.6. The summed E-state index contributed by atoms with van der Waals surface area (Å²) in [5.74, 6) is 3.34. The number of fused-ring (bicyclic) bond motifs is 5. The highest BCUT2D eigenvalue weighted by Crippen LogP contribution is 2.59. The first-order valence-corrected chi connectivity index (χ1v) is 27.2. The van der Waals surface area contributed by atoms with Crippen molar-refractivity contribution in [1.29, 1.82) is 0 Å². The van der Waals surface area contributed by atoms with Crippen LogP contribution in [0.5, 0.6) is 0 Å². The van der Waals surface area contributed by atoms with Crippen LogP contribution in [0.2, 0.25) is 38.8 Å². The maximum atomic E-state index is 12.2. The molecule has 0 aliphatic heterocycles. The number of aliphatic hydroxyl groups is 1. The Hall–Kier alpha value is -1.96.